The van der Waals surface area contributed by atoms with Crippen molar-refractivity contribution in [3.8, 4) is 5.69 Å². The highest BCUT2D eigenvalue weighted by molar-refractivity contribution is 5.94. The van der Waals surface area contributed by atoms with E-state index in [2.05, 4.69) is 38.3 Å². The number of pyridine rings is 1. The molecular weight excluding hydrogens is 412 g/mol. The van der Waals surface area contributed by atoms with Gasteiger partial charge in [-0.3, -0.25) is 14.3 Å². The van der Waals surface area contributed by atoms with Crippen LogP contribution in [-0.2, 0) is 0 Å². The highest BCUT2D eigenvalue weighted by atomic mass is 16.1. The lowest BCUT2D eigenvalue weighted by Gasteiger charge is -2.08. The van der Waals surface area contributed by atoms with Crippen LogP contribution >= 0.6 is 0 Å². The second-order valence-corrected chi connectivity index (χ2v) is 8.11. The van der Waals surface area contributed by atoms with Crippen molar-refractivity contribution in [1.82, 2.24) is 29.4 Å². The second kappa shape index (κ2) is 8.70. The predicted octanol–water partition coefficient (Wildman–Crippen LogP) is 4.86. The Labute approximate surface area is 191 Å². The van der Waals surface area contributed by atoms with Gasteiger partial charge in [-0.05, 0) is 55.7 Å². The monoisotopic (exact) mass is 436 g/mol. The summed E-state index contributed by atoms with van der Waals surface area (Å²) in [6, 6.07) is 12.0. The van der Waals surface area contributed by atoms with Crippen molar-refractivity contribution in [1.29, 1.82) is 0 Å². The molecule has 1 N–H and O–H groups in total. The van der Waals surface area contributed by atoms with Gasteiger partial charge in [0.2, 0.25) is 0 Å². The minimum absolute atomic E-state index is 0.305. The molecule has 1 amide bonds. The summed E-state index contributed by atoms with van der Waals surface area (Å²) in [6.07, 6.45) is 15.2. The molecule has 33 heavy (non-hydrogen) atoms. The third kappa shape index (κ3) is 4.39. The number of aromatic nitrogens is 5. The number of para-hydroxylation sites is 2. The Balaban J connectivity index is 1.26. The van der Waals surface area contributed by atoms with Crippen LogP contribution in [0.25, 0.3) is 22.3 Å². The zero-order valence-electron chi connectivity index (χ0n) is 18.3. The number of hydrogen-bond donors (Lipinski definition) is 1. The second-order valence-electron chi connectivity index (χ2n) is 8.11. The third-order valence-electron chi connectivity index (χ3n) is 5.64. The van der Waals surface area contributed by atoms with E-state index in [1.54, 1.807) is 24.7 Å². The molecule has 1 fully saturated rings. The van der Waals surface area contributed by atoms with E-state index in [9.17, 15) is 4.79 Å². The van der Waals surface area contributed by atoms with Crippen LogP contribution < -0.4 is 5.32 Å². The number of rotatable bonds is 7. The van der Waals surface area contributed by atoms with Crippen LogP contribution in [0.2, 0.25) is 0 Å². The molecule has 3 heterocycles. The number of hydrogen-bond acceptors (Lipinski definition) is 4. The van der Waals surface area contributed by atoms with Crippen molar-refractivity contribution in [2.75, 3.05) is 0 Å². The van der Waals surface area contributed by atoms with Gasteiger partial charge in [0.05, 0.1) is 34.9 Å². The van der Waals surface area contributed by atoms with E-state index >= 15 is 0 Å². The van der Waals surface area contributed by atoms with E-state index in [4.69, 9.17) is 0 Å². The lowest BCUT2D eigenvalue weighted by molar-refractivity contribution is 0.0962. The van der Waals surface area contributed by atoms with Gasteiger partial charge in [0, 0.05) is 17.9 Å². The average molecular weight is 437 g/mol. The Bertz CT molecular complexity index is 1400. The number of imidazole rings is 2. The van der Waals surface area contributed by atoms with Gasteiger partial charge in [-0.2, -0.15) is 0 Å². The maximum absolute atomic E-state index is 12.7. The number of nitrogens with one attached hydrogen (secondary N) is 1. The molecule has 3 aromatic heterocycles. The SMILES string of the molecule is C=C(/C=C\C=C(/C)c1cncn1C1CC1)NC(=O)c1cc(-n2cnc3ccccc32)ccn1. The standard InChI is InChI=1S/C26H24N6O/c1-18(25-15-27-16-31(25)20-10-11-20)6-5-7-19(2)30-26(33)23-14-21(12-13-28-23)32-17-29-22-8-3-4-9-24(22)32/h3-9,12-17,20H,2,10-11H2,1H3,(H,30,33)/b7-5-,18-6+. The summed E-state index contributed by atoms with van der Waals surface area (Å²) in [5, 5.41) is 2.80. The zero-order chi connectivity index (χ0) is 22.8. The first-order valence-corrected chi connectivity index (χ1v) is 10.9. The summed E-state index contributed by atoms with van der Waals surface area (Å²) in [7, 11) is 0. The van der Waals surface area contributed by atoms with E-state index in [0.717, 1.165) is 28.0 Å². The molecule has 0 bridgehead atoms. The fourth-order valence-corrected chi connectivity index (χ4v) is 3.76. The van der Waals surface area contributed by atoms with Gasteiger partial charge in [0.25, 0.3) is 5.91 Å². The Kier molecular flexibility index (Phi) is 5.44. The van der Waals surface area contributed by atoms with Crippen LogP contribution in [0, 0.1) is 0 Å². The molecule has 0 atom stereocenters. The number of nitrogens with zero attached hydrogens (tertiary/aromatic N) is 5. The zero-order valence-corrected chi connectivity index (χ0v) is 18.3. The molecule has 5 rings (SSSR count). The van der Waals surface area contributed by atoms with Crippen molar-refractivity contribution >= 4 is 22.5 Å². The largest absolute Gasteiger partial charge is 0.328 e. The lowest BCUT2D eigenvalue weighted by atomic mass is 10.2. The predicted molar refractivity (Wildman–Crippen MR) is 129 cm³/mol. The Morgan fingerprint density at radius 1 is 1.18 bits per heavy atom. The Morgan fingerprint density at radius 3 is 2.88 bits per heavy atom. The van der Waals surface area contributed by atoms with E-state index in [1.807, 2.05) is 59.6 Å². The van der Waals surface area contributed by atoms with Crippen LogP contribution in [0.5, 0.6) is 0 Å². The lowest BCUT2D eigenvalue weighted by Crippen LogP contribution is -2.22. The topological polar surface area (TPSA) is 77.6 Å². The van der Waals surface area contributed by atoms with Crippen LogP contribution in [0.3, 0.4) is 0 Å². The van der Waals surface area contributed by atoms with Crippen molar-refractivity contribution in [2.45, 2.75) is 25.8 Å². The summed E-state index contributed by atoms with van der Waals surface area (Å²) in [4.78, 5) is 25.6. The smallest absolute Gasteiger partial charge is 0.274 e. The van der Waals surface area contributed by atoms with Gasteiger partial charge in [0.1, 0.15) is 12.0 Å². The number of amides is 1. The van der Waals surface area contributed by atoms with Crippen LogP contribution in [-0.4, -0.2) is 30.0 Å². The summed E-state index contributed by atoms with van der Waals surface area (Å²) in [6.45, 7) is 5.99. The molecule has 0 spiro atoms. The maximum Gasteiger partial charge on any atom is 0.274 e. The number of carbonyl (C=O) groups is 1. The average Bonchev–Trinajstić information content (AvgIpc) is 3.39. The molecular formula is C26H24N6O. The molecule has 0 aliphatic heterocycles. The van der Waals surface area contributed by atoms with Crippen molar-refractivity contribution in [3.63, 3.8) is 0 Å². The van der Waals surface area contributed by atoms with Crippen molar-refractivity contribution in [2.24, 2.45) is 0 Å². The van der Waals surface area contributed by atoms with Gasteiger partial charge >= 0.3 is 0 Å². The van der Waals surface area contributed by atoms with Gasteiger partial charge in [0.15, 0.2) is 0 Å². The fourth-order valence-electron chi connectivity index (χ4n) is 3.76. The molecule has 7 heteroatoms. The first kappa shape index (κ1) is 20.6. The van der Waals surface area contributed by atoms with Gasteiger partial charge < -0.3 is 9.88 Å². The van der Waals surface area contributed by atoms with E-state index < -0.39 is 0 Å². The molecule has 1 aliphatic rings. The summed E-state index contributed by atoms with van der Waals surface area (Å²) in [5.41, 5.74) is 5.69. The highest BCUT2D eigenvalue weighted by Gasteiger charge is 2.25. The number of fused-ring (bicyclic) bond motifs is 1. The van der Waals surface area contributed by atoms with Crippen LogP contribution in [0.15, 0.2) is 92.0 Å². The minimum Gasteiger partial charge on any atom is -0.328 e. The van der Waals surface area contributed by atoms with Crippen molar-refractivity contribution in [3.05, 3.63) is 103 Å². The van der Waals surface area contributed by atoms with Gasteiger partial charge in [-0.25, -0.2) is 9.97 Å². The summed E-state index contributed by atoms with van der Waals surface area (Å²) < 4.78 is 4.15. The molecule has 0 radical (unpaired) electrons. The normalized spacial score (nSPS) is 14.2. The van der Waals surface area contributed by atoms with E-state index in [-0.39, 0.29) is 5.91 Å². The summed E-state index contributed by atoms with van der Waals surface area (Å²) in [5.74, 6) is -0.316. The molecule has 1 saturated carbocycles. The molecule has 1 aromatic carbocycles. The fraction of sp³-hybridized carbons (Fsp3) is 0.154. The van der Waals surface area contributed by atoms with Crippen LogP contribution in [0.4, 0.5) is 0 Å². The van der Waals surface area contributed by atoms with E-state index in [0.29, 0.717) is 17.4 Å². The molecule has 4 aromatic rings. The number of carbonyl (C=O) groups excluding carboxylic acids is 1. The third-order valence-corrected chi connectivity index (χ3v) is 5.64. The first-order chi connectivity index (χ1) is 16.1. The van der Waals surface area contributed by atoms with Crippen molar-refractivity contribution < 1.29 is 4.79 Å². The molecule has 0 unspecified atom stereocenters. The van der Waals surface area contributed by atoms with Crippen LogP contribution in [0.1, 0.15) is 42.0 Å². The Hall–Kier alpha value is -4.26. The van der Waals surface area contributed by atoms with E-state index in [1.165, 1.54) is 12.8 Å². The number of allylic oxidation sites excluding steroid dienone is 4. The molecule has 164 valence electrons. The summed E-state index contributed by atoms with van der Waals surface area (Å²) >= 11 is 0. The first-order valence-electron chi connectivity index (χ1n) is 10.9. The quantitative estimate of drug-likeness (QED) is 0.420. The minimum atomic E-state index is -0.316. The maximum atomic E-state index is 12.7. The molecule has 7 nitrogen and oxygen atoms in total. The van der Waals surface area contributed by atoms with Gasteiger partial charge in [-0.15, -0.1) is 0 Å². The van der Waals surface area contributed by atoms with Gasteiger partial charge in [-0.1, -0.05) is 30.9 Å². The molecule has 1 aliphatic carbocycles. The molecule has 0 saturated heterocycles. The highest BCUT2D eigenvalue weighted by Crippen LogP contribution is 2.37. The Morgan fingerprint density at radius 2 is 2.03 bits per heavy atom. The number of benzene rings is 1.